The molecule has 0 spiro atoms. The van der Waals surface area contributed by atoms with Crippen molar-refractivity contribution in [1.29, 1.82) is 0 Å². The summed E-state index contributed by atoms with van der Waals surface area (Å²) in [6.07, 6.45) is 6.93. The van der Waals surface area contributed by atoms with Gasteiger partial charge in [0.25, 0.3) is 0 Å². The molecule has 2 amide bonds. The van der Waals surface area contributed by atoms with Gasteiger partial charge in [-0.15, -0.1) is 0 Å². The average Bonchev–Trinajstić information content (AvgIpc) is 3.16. The quantitative estimate of drug-likeness (QED) is 0.517. The van der Waals surface area contributed by atoms with Crippen LogP contribution in [0.5, 0.6) is 0 Å². The summed E-state index contributed by atoms with van der Waals surface area (Å²) in [7, 11) is 0. The molecule has 6 heteroatoms. The molecule has 0 aliphatic carbocycles. The summed E-state index contributed by atoms with van der Waals surface area (Å²) in [5, 5.41) is 2.77. The highest BCUT2D eigenvalue weighted by atomic mass is 16.6. The maximum absolute atomic E-state index is 13.4. The topological polar surface area (TPSA) is 67.9 Å². The monoisotopic (exact) mass is 414 g/mol. The fraction of sp³-hybridized carbons (Fsp3) is 0.500. The lowest BCUT2D eigenvalue weighted by molar-refractivity contribution is -0.135. The van der Waals surface area contributed by atoms with Crippen LogP contribution in [0.25, 0.3) is 0 Å². The highest BCUT2D eigenvalue weighted by molar-refractivity contribution is 5.87. The number of benzene rings is 1. The molecule has 0 radical (unpaired) electrons. The number of carbonyl (C=O) groups excluding carboxylic acids is 2. The molecular formula is C24H34N2O4. The van der Waals surface area contributed by atoms with E-state index in [1.54, 1.807) is 20.8 Å². The maximum atomic E-state index is 13.4. The van der Waals surface area contributed by atoms with E-state index in [0.29, 0.717) is 13.2 Å². The number of alkyl carbamates (subject to hydrolysis) is 1. The van der Waals surface area contributed by atoms with E-state index in [4.69, 9.17) is 9.47 Å². The van der Waals surface area contributed by atoms with Gasteiger partial charge >= 0.3 is 6.09 Å². The normalized spacial score (nSPS) is 18.4. The van der Waals surface area contributed by atoms with Gasteiger partial charge < -0.3 is 19.7 Å². The zero-order valence-corrected chi connectivity index (χ0v) is 18.7. The Hall–Kier alpha value is -2.76. The molecule has 0 bridgehead atoms. The van der Waals surface area contributed by atoms with Gasteiger partial charge in [0.2, 0.25) is 5.91 Å². The summed E-state index contributed by atoms with van der Waals surface area (Å²) in [4.78, 5) is 27.7. The zero-order valence-electron chi connectivity index (χ0n) is 18.7. The Morgan fingerprint density at radius 1 is 1.27 bits per heavy atom. The van der Waals surface area contributed by atoms with Crippen LogP contribution in [0.4, 0.5) is 4.79 Å². The Balaban J connectivity index is 2.14. The molecule has 1 aliphatic rings. The van der Waals surface area contributed by atoms with Crippen LogP contribution in [0.15, 0.2) is 54.3 Å². The minimum absolute atomic E-state index is 0.0295. The van der Waals surface area contributed by atoms with Crippen LogP contribution in [-0.4, -0.2) is 41.7 Å². The van der Waals surface area contributed by atoms with Gasteiger partial charge in [0.15, 0.2) is 0 Å². The van der Waals surface area contributed by atoms with Crippen molar-refractivity contribution in [2.24, 2.45) is 0 Å². The fourth-order valence-corrected chi connectivity index (χ4v) is 3.33. The molecule has 164 valence electrons. The molecular weight excluding hydrogens is 380 g/mol. The van der Waals surface area contributed by atoms with Crippen molar-refractivity contribution in [3.05, 3.63) is 59.9 Å². The van der Waals surface area contributed by atoms with Crippen LogP contribution >= 0.6 is 0 Å². The smallest absolute Gasteiger partial charge is 0.408 e. The van der Waals surface area contributed by atoms with Crippen molar-refractivity contribution < 1.29 is 19.1 Å². The van der Waals surface area contributed by atoms with E-state index in [1.807, 2.05) is 67.3 Å². The summed E-state index contributed by atoms with van der Waals surface area (Å²) in [5.41, 5.74) is 0.0823. The van der Waals surface area contributed by atoms with Crippen molar-refractivity contribution in [2.75, 3.05) is 13.2 Å². The molecule has 2 atom stereocenters. The molecule has 1 fully saturated rings. The third-order valence-corrected chi connectivity index (χ3v) is 4.73. The number of carbonyl (C=O) groups is 2. The first-order valence-electron chi connectivity index (χ1n) is 10.5. The molecule has 1 N–H and O–H groups in total. The first-order chi connectivity index (χ1) is 14.2. The summed E-state index contributed by atoms with van der Waals surface area (Å²) in [6.45, 7) is 10.3. The van der Waals surface area contributed by atoms with E-state index in [2.05, 4.69) is 5.32 Å². The molecule has 0 saturated carbocycles. The molecule has 2 rings (SSSR count). The summed E-state index contributed by atoms with van der Waals surface area (Å²) in [6, 6.07) is 8.43. The van der Waals surface area contributed by atoms with Gasteiger partial charge in [0.05, 0.1) is 11.8 Å². The maximum Gasteiger partial charge on any atom is 0.408 e. The van der Waals surface area contributed by atoms with Crippen molar-refractivity contribution in [1.82, 2.24) is 10.2 Å². The predicted octanol–water partition coefficient (Wildman–Crippen LogP) is 4.74. The molecule has 6 nitrogen and oxygen atoms in total. The van der Waals surface area contributed by atoms with Gasteiger partial charge in [-0.2, -0.15) is 0 Å². The fourth-order valence-electron chi connectivity index (χ4n) is 3.33. The van der Waals surface area contributed by atoms with Crippen LogP contribution in [0.2, 0.25) is 0 Å². The van der Waals surface area contributed by atoms with E-state index in [1.165, 1.54) is 0 Å². The number of nitrogens with zero attached hydrogens (tertiary/aromatic N) is 1. The molecule has 1 saturated heterocycles. The molecule has 2 unspecified atom stereocenters. The summed E-state index contributed by atoms with van der Waals surface area (Å²) in [5.74, 6) is 0.659. The van der Waals surface area contributed by atoms with E-state index >= 15 is 0 Å². The lowest BCUT2D eigenvalue weighted by atomic mass is 10.1. The molecule has 1 aliphatic heterocycles. The SMILES string of the molecule is CC=CC=C(C)OCC1CCCN1C(=O)C(NC(=O)OC(C)(C)C)c1ccccc1. The van der Waals surface area contributed by atoms with Crippen LogP contribution < -0.4 is 5.32 Å². The number of allylic oxidation sites excluding steroid dienone is 4. The Morgan fingerprint density at radius 3 is 2.60 bits per heavy atom. The molecule has 1 aromatic rings. The van der Waals surface area contributed by atoms with Gasteiger partial charge in [0.1, 0.15) is 18.2 Å². The van der Waals surface area contributed by atoms with Crippen LogP contribution in [0.1, 0.15) is 59.1 Å². The van der Waals surface area contributed by atoms with Gasteiger partial charge in [-0.1, -0.05) is 42.5 Å². The Kier molecular flexibility index (Phi) is 8.51. The first kappa shape index (κ1) is 23.5. The van der Waals surface area contributed by atoms with Gasteiger partial charge in [0, 0.05) is 6.54 Å². The third kappa shape index (κ3) is 7.25. The zero-order chi connectivity index (χ0) is 22.1. The Labute approximate surface area is 179 Å². The van der Waals surface area contributed by atoms with E-state index in [9.17, 15) is 9.59 Å². The van der Waals surface area contributed by atoms with Crippen molar-refractivity contribution >= 4 is 12.0 Å². The van der Waals surface area contributed by atoms with Crippen LogP contribution in [0, 0.1) is 0 Å². The van der Waals surface area contributed by atoms with Gasteiger partial charge in [-0.3, -0.25) is 4.79 Å². The third-order valence-electron chi connectivity index (χ3n) is 4.73. The lowest BCUT2D eigenvalue weighted by Gasteiger charge is -2.30. The lowest BCUT2D eigenvalue weighted by Crippen LogP contribution is -2.47. The number of rotatable bonds is 7. The number of nitrogens with one attached hydrogen (secondary N) is 1. The summed E-state index contributed by atoms with van der Waals surface area (Å²) < 4.78 is 11.2. The van der Waals surface area contributed by atoms with E-state index in [0.717, 1.165) is 24.2 Å². The second-order valence-corrected chi connectivity index (χ2v) is 8.43. The van der Waals surface area contributed by atoms with Crippen LogP contribution in [0.3, 0.4) is 0 Å². The number of hydrogen-bond acceptors (Lipinski definition) is 4. The average molecular weight is 415 g/mol. The highest BCUT2D eigenvalue weighted by Gasteiger charge is 2.35. The van der Waals surface area contributed by atoms with Crippen molar-refractivity contribution in [3.8, 4) is 0 Å². The highest BCUT2D eigenvalue weighted by Crippen LogP contribution is 2.25. The molecule has 1 heterocycles. The standard InChI is InChI=1S/C24H34N2O4/c1-6-7-12-18(2)29-17-20-15-11-16-26(20)22(27)21(19-13-9-8-10-14-19)25-23(28)30-24(3,4)5/h6-10,12-14,20-21H,11,15-17H2,1-5H3,(H,25,28). The molecule has 1 aromatic carbocycles. The van der Waals surface area contributed by atoms with Crippen molar-refractivity contribution in [2.45, 2.75) is 65.1 Å². The van der Waals surface area contributed by atoms with Crippen molar-refractivity contribution in [3.63, 3.8) is 0 Å². The predicted molar refractivity (Wildman–Crippen MR) is 118 cm³/mol. The summed E-state index contributed by atoms with van der Waals surface area (Å²) >= 11 is 0. The molecule has 0 aromatic heterocycles. The second-order valence-electron chi connectivity index (χ2n) is 8.43. The van der Waals surface area contributed by atoms with E-state index < -0.39 is 17.7 Å². The number of amides is 2. The van der Waals surface area contributed by atoms with Crippen LogP contribution in [-0.2, 0) is 14.3 Å². The van der Waals surface area contributed by atoms with Gasteiger partial charge in [-0.25, -0.2) is 4.79 Å². The molecule has 30 heavy (non-hydrogen) atoms. The Bertz CT molecular complexity index is 765. The number of likely N-dealkylation sites (tertiary alicyclic amines) is 1. The minimum Gasteiger partial charge on any atom is -0.496 e. The number of ether oxygens (including phenoxy) is 2. The first-order valence-corrected chi connectivity index (χ1v) is 10.5. The largest absolute Gasteiger partial charge is 0.496 e. The number of hydrogen-bond donors (Lipinski definition) is 1. The minimum atomic E-state index is -0.804. The Morgan fingerprint density at radius 2 is 1.97 bits per heavy atom. The van der Waals surface area contributed by atoms with E-state index in [-0.39, 0.29) is 11.9 Å². The second kappa shape index (κ2) is 10.9. The van der Waals surface area contributed by atoms with Gasteiger partial charge in [-0.05, 0) is 59.1 Å².